The maximum atomic E-state index is 6.16. The lowest BCUT2D eigenvalue weighted by molar-refractivity contribution is 0.0277. The molecule has 0 saturated carbocycles. The monoisotopic (exact) mass is 536 g/mol. The Kier molecular flexibility index (Phi) is 6.20. The first kappa shape index (κ1) is 20.6. The van der Waals surface area contributed by atoms with Crippen LogP contribution in [0.3, 0.4) is 0 Å². The van der Waals surface area contributed by atoms with E-state index >= 15 is 0 Å². The molecule has 7 heteroatoms. The summed E-state index contributed by atoms with van der Waals surface area (Å²) < 4.78 is 7.77. The van der Waals surface area contributed by atoms with E-state index in [2.05, 4.69) is 89.9 Å². The average molecular weight is 537 g/mol. The third-order valence-electron chi connectivity index (χ3n) is 6.15. The molecule has 0 amide bonds. The van der Waals surface area contributed by atoms with Gasteiger partial charge in [0.25, 0.3) is 0 Å². The van der Waals surface area contributed by atoms with Crippen LogP contribution in [0.4, 0.5) is 0 Å². The van der Waals surface area contributed by atoms with Gasteiger partial charge in [-0.3, -0.25) is 10.2 Å². The number of rotatable bonds is 4. The van der Waals surface area contributed by atoms with Gasteiger partial charge >= 0.3 is 0 Å². The van der Waals surface area contributed by atoms with Crippen molar-refractivity contribution in [2.45, 2.75) is 18.2 Å². The molecule has 0 bridgehead atoms. The Labute approximate surface area is 197 Å². The van der Waals surface area contributed by atoms with E-state index in [-0.39, 0.29) is 12.2 Å². The van der Waals surface area contributed by atoms with Gasteiger partial charge in [0, 0.05) is 43.6 Å². The van der Waals surface area contributed by atoms with Crippen molar-refractivity contribution in [3.63, 3.8) is 0 Å². The smallest absolute Gasteiger partial charge is 0.0994 e. The van der Waals surface area contributed by atoms with Crippen molar-refractivity contribution >= 4 is 34.5 Å². The molecule has 1 aromatic rings. The van der Waals surface area contributed by atoms with Crippen LogP contribution >= 0.6 is 34.5 Å². The molecule has 2 saturated heterocycles. The topological polar surface area (TPSA) is 31.0 Å². The third-order valence-corrected chi connectivity index (χ3v) is 7.08. The highest BCUT2D eigenvalue weighted by Gasteiger charge is 2.41. The van der Waals surface area contributed by atoms with Crippen molar-refractivity contribution in [2.24, 2.45) is 0 Å². The summed E-state index contributed by atoms with van der Waals surface area (Å²) >= 11 is 8.51. The molecule has 5 nitrogen and oxygen atoms in total. The summed E-state index contributed by atoms with van der Waals surface area (Å²) in [7, 11) is 0. The normalized spacial score (nSPS) is 29.1. The Bertz CT molecular complexity index is 891. The summed E-state index contributed by atoms with van der Waals surface area (Å²) in [6, 6.07) is 8.86. The Morgan fingerprint density at radius 2 is 1.83 bits per heavy atom. The molecule has 4 aliphatic rings. The van der Waals surface area contributed by atoms with Gasteiger partial charge in [0.2, 0.25) is 0 Å². The van der Waals surface area contributed by atoms with Crippen LogP contribution in [0.25, 0.3) is 0 Å². The van der Waals surface area contributed by atoms with Crippen LogP contribution in [0.2, 0.25) is 5.02 Å². The van der Waals surface area contributed by atoms with Gasteiger partial charge in [0.05, 0.1) is 54.3 Å². The lowest BCUT2D eigenvalue weighted by Gasteiger charge is -2.36. The Morgan fingerprint density at radius 3 is 2.60 bits per heavy atom. The van der Waals surface area contributed by atoms with Crippen LogP contribution in [0.1, 0.15) is 11.6 Å². The van der Waals surface area contributed by atoms with E-state index in [0.29, 0.717) is 6.04 Å². The van der Waals surface area contributed by atoms with Gasteiger partial charge in [0.15, 0.2) is 0 Å². The molecular formula is C23H26ClIN4O. The summed E-state index contributed by atoms with van der Waals surface area (Å²) in [5.41, 5.74) is 3.80. The first-order chi connectivity index (χ1) is 14.7. The second-order valence-electron chi connectivity index (χ2n) is 8.08. The Hall–Kier alpha value is -1.32. The zero-order chi connectivity index (χ0) is 20.5. The van der Waals surface area contributed by atoms with E-state index in [4.69, 9.17) is 16.3 Å². The number of hydrogen-bond donors (Lipinski definition) is 1. The molecule has 3 unspecified atom stereocenters. The fourth-order valence-electron chi connectivity index (χ4n) is 4.59. The predicted molar refractivity (Wildman–Crippen MR) is 129 cm³/mol. The molecule has 0 spiro atoms. The van der Waals surface area contributed by atoms with Gasteiger partial charge in [-0.2, -0.15) is 0 Å². The maximum absolute atomic E-state index is 6.16. The SMILES string of the molecule is Clc1ccc(C2NC3C=CC(C4=CN(I)CC=C4)=CN3C2CN2CCOCC2)cc1. The first-order valence-corrected chi connectivity index (χ1v) is 11.8. The second kappa shape index (κ2) is 9.04. The molecular weight excluding hydrogens is 511 g/mol. The lowest BCUT2D eigenvalue weighted by atomic mass is 9.98. The van der Waals surface area contributed by atoms with Gasteiger partial charge in [-0.15, -0.1) is 0 Å². The van der Waals surface area contributed by atoms with Crippen molar-refractivity contribution in [1.82, 2.24) is 18.2 Å². The summed E-state index contributed by atoms with van der Waals surface area (Å²) in [4.78, 5) is 5.03. The van der Waals surface area contributed by atoms with Gasteiger partial charge in [0.1, 0.15) is 0 Å². The van der Waals surface area contributed by atoms with Crippen LogP contribution < -0.4 is 5.32 Å². The first-order valence-electron chi connectivity index (χ1n) is 10.5. The Balaban J connectivity index is 1.45. The van der Waals surface area contributed by atoms with Crippen LogP contribution in [0.5, 0.6) is 0 Å². The van der Waals surface area contributed by atoms with E-state index in [1.165, 1.54) is 16.7 Å². The van der Waals surface area contributed by atoms with Crippen molar-refractivity contribution in [2.75, 3.05) is 39.4 Å². The minimum Gasteiger partial charge on any atom is -0.379 e. The van der Waals surface area contributed by atoms with E-state index in [1.807, 2.05) is 12.1 Å². The number of allylic oxidation sites excluding steroid dienone is 4. The number of morpholine rings is 1. The Morgan fingerprint density at radius 1 is 1.07 bits per heavy atom. The van der Waals surface area contributed by atoms with Gasteiger partial charge in [-0.25, -0.2) is 0 Å². The number of ether oxygens (including phenoxy) is 1. The predicted octanol–water partition coefficient (Wildman–Crippen LogP) is 3.87. The minimum atomic E-state index is 0.198. The largest absolute Gasteiger partial charge is 0.379 e. The molecule has 1 aromatic carbocycles. The average Bonchev–Trinajstić information content (AvgIpc) is 3.12. The number of fused-ring (bicyclic) bond motifs is 1. The highest BCUT2D eigenvalue weighted by molar-refractivity contribution is 14.1. The van der Waals surface area contributed by atoms with Gasteiger partial charge < -0.3 is 12.8 Å². The number of nitrogens with zero attached hydrogens (tertiary/aromatic N) is 3. The molecule has 0 aliphatic carbocycles. The molecule has 3 atom stereocenters. The van der Waals surface area contributed by atoms with Crippen molar-refractivity contribution in [1.29, 1.82) is 0 Å². The van der Waals surface area contributed by atoms with E-state index in [1.54, 1.807) is 0 Å². The maximum Gasteiger partial charge on any atom is 0.0994 e. The van der Waals surface area contributed by atoms with Gasteiger partial charge in [-0.05, 0) is 34.9 Å². The second-order valence-corrected chi connectivity index (χ2v) is 9.76. The van der Waals surface area contributed by atoms with Crippen LogP contribution in [-0.4, -0.2) is 64.5 Å². The number of benzene rings is 1. The quantitative estimate of drug-likeness (QED) is 0.466. The van der Waals surface area contributed by atoms with E-state index < -0.39 is 0 Å². The van der Waals surface area contributed by atoms with Gasteiger partial charge in [-0.1, -0.05) is 42.0 Å². The molecule has 4 aliphatic heterocycles. The fourth-order valence-corrected chi connectivity index (χ4v) is 5.25. The van der Waals surface area contributed by atoms with Crippen LogP contribution in [0, 0.1) is 0 Å². The summed E-state index contributed by atoms with van der Waals surface area (Å²) in [6.07, 6.45) is 13.7. The zero-order valence-electron chi connectivity index (χ0n) is 16.8. The van der Waals surface area contributed by atoms with Crippen molar-refractivity contribution in [3.05, 3.63) is 82.7 Å². The molecule has 0 aromatic heterocycles. The lowest BCUT2D eigenvalue weighted by Crippen LogP contribution is -2.46. The zero-order valence-corrected chi connectivity index (χ0v) is 19.7. The number of nitrogens with one attached hydrogen (secondary N) is 1. The standard InChI is InChI=1S/C23H26ClIN4O/c24-20-6-3-17(4-7-20)23-21(16-27-10-12-30-13-11-27)29-15-19(5-8-22(29)26-23)18-2-1-9-28(25)14-18/h1-8,14-15,21-23,26H,9-13,16H2. The summed E-state index contributed by atoms with van der Waals surface area (Å²) in [5, 5.41) is 4.62. The van der Waals surface area contributed by atoms with Crippen molar-refractivity contribution < 1.29 is 4.74 Å². The molecule has 1 N–H and O–H groups in total. The highest BCUT2D eigenvalue weighted by Crippen LogP contribution is 2.35. The fraction of sp³-hybridized carbons (Fsp3) is 0.391. The minimum absolute atomic E-state index is 0.198. The van der Waals surface area contributed by atoms with Crippen molar-refractivity contribution in [3.8, 4) is 0 Å². The highest BCUT2D eigenvalue weighted by atomic mass is 127. The molecule has 0 radical (unpaired) electrons. The van der Waals surface area contributed by atoms with Crippen LogP contribution in [0.15, 0.2) is 72.1 Å². The third kappa shape index (κ3) is 4.34. The molecule has 5 rings (SSSR count). The number of halogens is 2. The number of hydrogen-bond acceptors (Lipinski definition) is 5. The molecule has 2 fully saturated rings. The van der Waals surface area contributed by atoms with Crippen LogP contribution in [-0.2, 0) is 4.74 Å². The molecule has 158 valence electrons. The summed E-state index contributed by atoms with van der Waals surface area (Å²) in [6.45, 7) is 5.58. The molecule has 4 heterocycles. The van der Waals surface area contributed by atoms with E-state index in [0.717, 1.165) is 44.4 Å². The van der Waals surface area contributed by atoms with E-state index in [9.17, 15) is 0 Å². The summed E-state index contributed by atoms with van der Waals surface area (Å²) in [5.74, 6) is 0. The molecule has 30 heavy (non-hydrogen) atoms.